The normalized spacial score (nSPS) is 9.93. The van der Waals surface area contributed by atoms with Gasteiger partial charge in [0.05, 0.1) is 18.4 Å². The first kappa shape index (κ1) is 11.4. The zero-order chi connectivity index (χ0) is 11.1. The lowest BCUT2D eigenvalue weighted by Gasteiger charge is -2.07. The van der Waals surface area contributed by atoms with Crippen LogP contribution in [0, 0.1) is 5.41 Å². The molecule has 0 amide bonds. The number of hydrogen-bond acceptors (Lipinski definition) is 5. The van der Waals surface area contributed by atoms with Crippen LogP contribution in [0.1, 0.15) is 12.0 Å². The lowest BCUT2D eigenvalue weighted by Crippen LogP contribution is -2.15. The third-order valence-electron chi connectivity index (χ3n) is 1.71. The smallest absolute Gasteiger partial charge is 0.244 e. The molecular weight excluding hydrogens is 196 g/mol. The Morgan fingerprint density at radius 2 is 2.33 bits per heavy atom. The maximum Gasteiger partial charge on any atom is 0.244 e. The van der Waals surface area contributed by atoms with Gasteiger partial charge in [-0.2, -0.15) is 5.10 Å². The number of hydrogen-bond donors (Lipinski definition) is 2. The molecule has 0 aliphatic heterocycles. The first-order valence-electron chi connectivity index (χ1n) is 4.53. The van der Waals surface area contributed by atoms with E-state index in [2.05, 4.69) is 10.2 Å². The summed E-state index contributed by atoms with van der Waals surface area (Å²) in [5.41, 5.74) is 5.82. The van der Waals surface area contributed by atoms with Gasteiger partial charge in [-0.05, 0) is 6.07 Å². The second-order valence-corrected chi connectivity index (χ2v) is 2.86. The van der Waals surface area contributed by atoms with Crippen molar-refractivity contribution in [2.24, 2.45) is 5.73 Å². The van der Waals surface area contributed by atoms with Crippen molar-refractivity contribution in [2.75, 3.05) is 20.3 Å². The van der Waals surface area contributed by atoms with Crippen LogP contribution in [-0.2, 0) is 4.74 Å². The summed E-state index contributed by atoms with van der Waals surface area (Å²) >= 11 is 0. The minimum atomic E-state index is -0.0772. The maximum absolute atomic E-state index is 7.30. The largest absolute Gasteiger partial charge is 0.476 e. The molecule has 0 radical (unpaired) electrons. The van der Waals surface area contributed by atoms with E-state index in [0.29, 0.717) is 24.7 Å². The Bertz CT molecular complexity index is 330. The van der Waals surface area contributed by atoms with Gasteiger partial charge in [0.1, 0.15) is 5.84 Å². The van der Waals surface area contributed by atoms with Gasteiger partial charge in [-0.15, -0.1) is 5.10 Å². The number of nitrogens with one attached hydrogen (secondary N) is 1. The highest BCUT2D eigenvalue weighted by molar-refractivity contribution is 5.96. The van der Waals surface area contributed by atoms with Crippen LogP contribution in [0.25, 0.3) is 0 Å². The summed E-state index contributed by atoms with van der Waals surface area (Å²) in [6.07, 6.45) is 2.23. The van der Waals surface area contributed by atoms with Gasteiger partial charge in [0, 0.05) is 20.1 Å². The molecule has 1 rings (SSSR count). The van der Waals surface area contributed by atoms with Gasteiger partial charge in [0.2, 0.25) is 5.88 Å². The molecule has 1 aromatic rings. The van der Waals surface area contributed by atoms with Crippen LogP contribution in [0.5, 0.6) is 5.88 Å². The fourth-order valence-electron chi connectivity index (χ4n) is 1.00. The van der Waals surface area contributed by atoms with Crippen LogP contribution < -0.4 is 10.5 Å². The quantitative estimate of drug-likeness (QED) is 0.396. The molecule has 6 heteroatoms. The SMILES string of the molecule is COCCCOc1nnccc1C(=N)N. The summed E-state index contributed by atoms with van der Waals surface area (Å²) in [7, 11) is 1.63. The Kier molecular flexibility index (Phi) is 4.49. The molecule has 0 bridgehead atoms. The zero-order valence-corrected chi connectivity index (χ0v) is 8.56. The summed E-state index contributed by atoms with van der Waals surface area (Å²) in [4.78, 5) is 0. The highest BCUT2D eigenvalue weighted by Crippen LogP contribution is 2.11. The summed E-state index contributed by atoms with van der Waals surface area (Å²) in [5.74, 6) is 0.216. The predicted molar refractivity (Wildman–Crippen MR) is 55.0 cm³/mol. The Morgan fingerprint density at radius 1 is 1.53 bits per heavy atom. The summed E-state index contributed by atoms with van der Waals surface area (Å²) in [6.45, 7) is 1.09. The average Bonchev–Trinajstić information content (AvgIpc) is 2.25. The molecule has 0 fully saturated rings. The maximum atomic E-state index is 7.30. The van der Waals surface area contributed by atoms with Gasteiger partial charge in [0.15, 0.2) is 0 Å². The minimum absolute atomic E-state index is 0.0772. The van der Waals surface area contributed by atoms with Crippen molar-refractivity contribution in [1.29, 1.82) is 5.41 Å². The highest BCUT2D eigenvalue weighted by atomic mass is 16.5. The topological polar surface area (TPSA) is 94.1 Å². The molecule has 0 aliphatic rings. The highest BCUT2D eigenvalue weighted by Gasteiger charge is 2.07. The number of nitrogens with zero attached hydrogens (tertiary/aromatic N) is 2. The Hall–Kier alpha value is -1.69. The predicted octanol–water partition coefficient (Wildman–Crippen LogP) is 0.176. The van der Waals surface area contributed by atoms with Gasteiger partial charge in [0.25, 0.3) is 0 Å². The fraction of sp³-hybridized carbons (Fsp3) is 0.444. The summed E-state index contributed by atoms with van der Waals surface area (Å²) in [6, 6.07) is 1.60. The standard InChI is InChI=1S/C9H14N4O2/c1-14-5-2-6-15-9-7(8(10)11)3-4-12-13-9/h3-4H,2,5-6H2,1H3,(H3,10,11). The van der Waals surface area contributed by atoms with Gasteiger partial charge in [-0.1, -0.05) is 0 Å². The Morgan fingerprint density at radius 3 is 3.00 bits per heavy atom. The summed E-state index contributed by atoms with van der Waals surface area (Å²) < 4.78 is 10.2. The Labute approximate surface area is 87.9 Å². The molecule has 0 spiro atoms. The molecule has 1 aromatic heterocycles. The van der Waals surface area contributed by atoms with E-state index in [1.165, 1.54) is 6.20 Å². The molecule has 0 aliphatic carbocycles. The van der Waals surface area contributed by atoms with E-state index in [-0.39, 0.29) is 5.84 Å². The molecule has 0 saturated carbocycles. The van der Waals surface area contributed by atoms with Gasteiger partial charge < -0.3 is 15.2 Å². The third-order valence-corrected chi connectivity index (χ3v) is 1.71. The molecule has 6 nitrogen and oxygen atoms in total. The second-order valence-electron chi connectivity index (χ2n) is 2.86. The van der Waals surface area contributed by atoms with Crippen LogP contribution in [0.2, 0.25) is 0 Å². The number of nitrogens with two attached hydrogens (primary N) is 1. The van der Waals surface area contributed by atoms with Crippen LogP contribution >= 0.6 is 0 Å². The van der Waals surface area contributed by atoms with Crippen LogP contribution in [-0.4, -0.2) is 36.4 Å². The monoisotopic (exact) mass is 210 g/mol. The molecule has 0 unspecified atom stereocenters. The molecule has 0 saturated heterocycles. The van der Waals surface area contributed by atoms with Crippen LogP contribution in [0.3, 0.4) is 0 Å². The third kappa shape index (κ3) is 3.51. The first-order chi connectivity index (χ1) is 7.25. The van der Waals surface area contributed by atoms with Crippen molar-refractivity contribution < 1.29 is 9.47 Å². The number of aromatic nitrogens is 2. The van der Waals surface area contributed by atoms with Crippen molar-refractivity contribution in [1.82, 2.24) is 10.2 Å². The average molecular weight is 210 g/mol. The molecule has 0 atom stereocenters. The number of ether oxygens (including phenoxy) is 2. The Balaban J connectivity index is 2.56. The molecule has 1 heterocycles. The van der Waals surface area contributed by atoms with Crippen LogP contribution in [0.4, 0.5) is 0 Å². The minimum Gasteiger partial charge on any atom is -0.476 e. The lowest BCUT2D eigenvalue weighted by atomic mass is 10.3. The number of methoxy groups -OCH3 is 1. The van der Waals surface area contributed by atoms with E-state index in [0.717, 1.165) is 6.42 Å². The van der Waals surface area contributed by atoms with Gasteiger partial charge in [-0.25, -0.2) is 0 Å². The van der Waals surface area contributed by atoms with E-state index in [4.69, 9.17) is 20.6 Å². The van der Waals surface area contributed by atoms with E-state index < -0.39 is 0 Å². The van der Waals surface area contributed by atoms with Crippen molar-refractivity contribution in [3.63, 3.8) is 0 Å². The molecule has 3 N–H and O–H groups in total. The van der Waals surface area contributed by atoms with E-state index in [9.17, 15) is 0 Å². The zero-order valence-electron chi connectivity index (χ0n) is 8.56. The summed E-state index contributed by atoms with van der Waals surface area (Å²) in [5, 5.41) is 14.7. The van der Waals surface area contributed by atoms with E-state index in [1.807, 2.05) is 0 Å². The molecule has 0 aromatic carbocycles. The van der Waals surface area contributed by atoms with Gasteiger partial charge >= 0.3 is 0 Å². The number of rotatable bonds is 6. The van der Waals surface area contributed by atoms with Gasteiger partial charge in [-0.3, -0.25) is 5.41 Å². The molecule has 82 valence electrons. The first-order valence-corrected chi connectivity index (χ1v) is 4.53. The van der Waals surface area contributed by atoms with Crippen molar-refractivity contribution >= 4 is 5.84 Å². The van der Waals surface area contributed by atoms with E-state index in [1.54, 1.807) is 13.2 Å². The fourth-order valence-corrected chi connectivity index (χ4v) is 1.00. The lowest BCUT2D eigenvalue weighted by molar-refractivity contribution is 0.170. The van der Waals surface area contributed by atoms with Crippen molar-refractivity contribution in [3.05, 3.63) is 17.8 Å². The van der Waals surface area contributed by atoms with Crippen LogP contribution in [0.15, 0.2) is 12.3 Å². The van der Waals surface area contributed by atoms with E-state index >= 15 is 0 Å². The number of amidine groups is 1. The number of nitrogen functional groups attached to an aromatic ring is 1. The second kappa shape index (κ2) is 5.92. The molecule has 15 heavy (non-hydrogen) atoms. The van der Waals surface area contributed by atoms with Crippen molar-refractivity contribution in [2.45, 2.75) is 6.42 Å². The van der Waals surface area contributed by atoms with Crippen molar-refractivity contribution in [3.8, 4) is 5.88 Å². The molecular formula is C9H14N4O2.